The number of nitrogens with one attached hydrogen (secondary N) is 1. The van der Waals surface area contributed by atoms with Gasteiger partial charge in [0.15, 0.2) is 0 Å². The van der Waals surface area contributed by atoms with E-state index >= 15 is 0 Å². The Balaban J connectivity index is 1.61. The highest BCUT2D eigenvalue weighted by atomic mass is 35.5. The van der Waals surface area contributed by atoms with Crippen LogP contribution in [-0.4, -0.2) is 37.0 Å². The summed E-state index contributed by atoms with van der Waals surface area (Å²) < 4.78 is 40.2. The van der Waals surface area contributed by atoms with Gasteiger partial charge >= 0.3 is 6.18 Å². The van der Waals surface area contributed by atoms with Crippen molar-refractivity contribution in [1.82, 2.24) is 25.1 Å². The minimum atomic E-state index is -4.64. The Morgan fingerprint density at radius 2 is 2.06 bits per heavy atom. The van der Waals surface area contributed by atoms with Crippen molar-refractivity contribution in [3.8, 4) is 11.4 Å². The Kier molecular flexibility index (Phi) is 5.39. The third-order valence-electron chi connectivity index (χ3n) is 6.41. The average Bonchev–Trinajstić information content (AvgIpc) is 3.32. The van der Waals surface area contributed by atoms with Gasteiger partial charge in [0.2, 0.25) is 0 Å². The lowest BCUT2D eigenvalue weighted by atomic mass is 9.81. The number of fused-ring (bicyclic) bond motifs is 4. The largest absolute Gasteiger partial charge is 0.417 e. The van der Waals surface area contributed by atoms with Gasteiger partial charge in [0.05, 0.1) is 33.6 Å². The van der Waals surface area contributed by atoms with Crippen molar-refractivity contribution in [2.24, 2.45) is 0 Å². The summed E-state index contributed by atoms with van der Waals surface area (Å²) in [6.07, 6.45) is 0.524. The van der Waals surface area contributed by atoms with Crippen LogP contribution in [-0.2, 0) is 19.0 Å². The molecule has 1 fully saturated rings. The van der Waals surface area contributed by atoms with Gasteiger partial charge in [-0.2, -0.15) is 18.3 Å². The second-order valence-electron chi connectivity index (χ2n) is 8.35. The molecule has 6 nitrogen and oxygen atoms in total. The number of aryl methyl sites for hydroxylation is 1. The summed E-state index contributed by atoms with van der Waals surface area (Å²) in [5.74, 6) is 0.143. The number of hydrogen-bond acceptors (Lipinski definition) is 4. The van der Waals surface area contributed by atoms with Crippen molar-refractivity contribution in [2.75, 3.05) is 0 Å². The number of hydrogen-bond donors (Lipinski definition) is 1. The molecule has 3 aromatic rings. The second-order valence-corrected chi connectivity index (χ2v) is 8.73. The minimum Gasteiger partial charge on any atom is -0.327 e. The molecule has 33 heavy (non-hydrogen) atoms. The fourth-order valence-corrected chi connectivity index (χ4v) is 5.25. The van der Waals surface area contributed by atoms with Gasteiger partial charge in [-0.05, 0) is 43.9 Å². The van der Waals surface area contributed by atoms with E-state index in [-0.39, 0.29) is 17.6 Å². The third kappa shape index (κ3) is 3.68. The number of piperidine rings is 1. The molecule has 5 rings (SSSR count). The first kappa shape index (κ1) is 21.9. The van der Waals surface area contributed by atoms with Gasteiger partial charge in [0.1, 0.15) is 11.5 Å². The number of nitrogens with zero attached hydrogens (tertiary/aromatic N) is 4. The van der Waals surface area contributed by atoms with Crippen molar-refractivity contribution in [2.45, 2.75) is 57.3 Å². The molecule has 2 aliphatic rings. The fraction of sp³-hybridized carbons (Fsp3) is 0.391. The van der Waals surface area contributed by atoms with E-state index in [9.17, 15) is 18.0 Å². The number of H-pyrrole nitrogens is 1. The van der Waals surface area contributed by atoms with Gasteiger partial charge in [-0.15, -0.1) is 0 Å². The molecule has 1 aromatic carbocycles. The van der Waals surface area contributed by atoms with Crippen LogP contribution in [0.4, 0.5) is 13.2 Å². The van der Waals surface area contributed by atoms with Crippen molar-refractivity contribution in [3.63, 3.8) is 0 Å². The fourth-order valence-electron chi connectivity index (χ4n) is 4.93. The molecule has 0 aliphatic carbocycles. The van der Waals surface area contributed by atoms with E-state index in [1.807, 2.05) is 13.0 Å². The summed E-state index contributed by atoms with van der Waals surface area (Å²) in [5.41, 5.74) is 2.03. The Morgan fingerprint density at radius 1 is 1.24 bits per heavy atom. The molecule has 172 valence electrons. The zero-order valence-electron chi connectivity index (χ0n) is 17.8. The molecular weight excluding hydrogens is 455 g/mol. The summed E-state index contributed by atoms with van der Waals surface area (Å²) in [6.45, 7) is 1.95. The summed E-state index contributed by atoms with van der Waals surface area (Å²) in [4.78, 5) is 24.8. The summed E-state index contributed by atoms with van der Waals surface area (Å²) in [7, 11) is 0. The average molecular weight is 476 g/mol. The van der Waals surface area contributed by atoms with E-state index in [4.69, 9.17) is 21.6 Å². The maximum Gasteiger partial charge on any atom is 0.417 e. The van der Waals surface area contributed by atoms with Crippen LogP contribution in [0.1, 0.15) is 65.2 Å². The van der Waals surface area contributed by atoms with Crippen LogP contribution in [0.3, 0.4) is 0 Å². The molecule has 0 spiro atoms. The van der Waals surface area contributed by atoms with Gasteiger partial charge in [-0.3, -0.25) is 9.89 Å². The van der Waals surface area contributed by atoms with E-state index in [2.05, 4.69) is 10.2 Å². The predicted molar refractivity (Wildman–Crippen MR) is 116 cm³/mol. The smallest absolute Gasteiger partial charge is 0.327 e. The van der Waals surface area contributed by atoms with Gasteiger partial charge in [0.25, 0.3) is 5.91 Å². The number of amides is 1. The van der Waals surface area contributed by atoms with Crippen LogP contribution in [0.2, 0.25) is 5.02 Å². The summed E-state index contributed by atoms with van der Waals surface area (Å²) >= 11 is 6.10. The van der Waals surface area contributed by atoms with Crippen LogP contribution >= 0.6 is 11.6 Å². The highest BCUT2D eigenvalue weighted by Gasteiger charge is 2.44. The first-order chi connectivity index (χ1) is 15.8. The zero-order chi connectivity index (χ0) is 23.3. The van der Waals surface area contributed by atoms with Gasteiger partial charge in [-0.1, -0.05) is 24.6 Å². The SMILES string of the molecule is CCc1nc(-c2cc[nH]n2)c2c(n1)C1CCCC(C2)N1C(=O)c1cccc(C(F)(F)F)c1Cl. The quantitative estimate of drug-likeness (QED) is 0.551. The lowest BCUT2D eigenvalue weighted by Crippen LogP contribution is -2.50. The number of aromatic amines is 1. The van der Waals surface area contributed by atoms with Gasteiger partial charge < -0.3 is 4.90 Å². The maximum atomic E-state index is 13.6. The van der Waals surface area contributed by atoms with Crippen molar-refractivity contribution < 1.29 is 18.0 Å². The van der Waals surface area contributed by atoms with E-state index in [0.29, 0.717) is 30.8 Å². The molecular formula is C23H21ClF3N5O. The molecule has 0 radical (unpaired) electrons. The summed E-state index contributed by atoms with van der Waals surface area (Å²) in [5, 5.41) is 6.54. The number of halogens is 4. The van der Waals surface area contributed by atoms with Crippen molar-refractivity contribution >= 4 is 17.5 Å². The lowest BCUT2D eigenvalue weighted by molar-refractivity contribution is -0.137. The van der Waals surface area contributed by atoms with Crippen LogP contribution in [0, 0.1) is 0 Å². The van der Waals surface area contributed by atoms with E-state index in [0.717, 1.165) is 35.9 Å². The number of carbonyl (C=O) groups excluding carboxylic acids is 1. The first-order valence-corrected chi connectivity index (χ1v) is 11.3. The molecule has 0 saturated carbocycles. The predicted octanol–water partition coefficient (Wildman–Crippen LogP) is 5.39. The highest BCUT2D eigenvalue weighted by molar-refractivity contribution is 6.34. The highest BCUT2D eigenvalue weighted by Crippen LogP contribution is 2.45. The molecule has 1 N–H and O–H groups in total. The number of alkyl halides is 3. The molecule has 2 aromatic heterocycles. The Morgan fingerprint density at radius 3 is 2.76 bits per heavy atom. The van der Waals surface area contributed by atoms with Crippen LogP contribution in [0.15, 0.2) is 30.5 Å². The standard InChI is InChI=1S/C23H21ClF3N5O/c1-2-18-29-20(16-9-10-28-31-16)14-11-12-5-3-8-17(21(14)30-18)32(12)22(33)13-6-4-7-15(19(13)24)23(25,26)27/h4,6-7,9-10,12,17H,2-3,5,8,11H2,1H3,(H,28,31). The zero-order valence-corrected chi connectivity index (χ0v) is 18.5. The molecule has 2 atom stereocenters. The number of aromatic nitrogens is 4. The molecule has 2 bridgehead atoms. The molecule has 1 amide bonds. The Labute approximate surface area is 193 Å². The second kappa shape index (κ2) is 8.13. The molecule has 1 saturated heterocycles. The Hall–Kier alpha value is -2.94. The van der Waals surface area contributed by atoms with Crippen molar-refractivity contribution in [1.29, 1.82) is 0 Å². The third-order valence-corrected chi connectivity index (χ3v) is 6.82. The van der Waals surface area contributed by atoms with Gasteiger partial charge in [-0.25, -0.2) is 9.97 Å². The number of rotatable bonds is 3. The monoisotopic (exact) mass is 475 g/mol. The number of benzene rings is 1. The normalized spacial score (nSPS) is 20.0. The van der Waals surface area contributed by atoms with Crippen LogP contribution in [0.5, 0.6) is 0 Å². The van der Waals surface area contributed by atoms with Gasteiger partial charge in [0, 0.05) is 24.2 Å². The lowest BCUT2D eigenvalue weighted by Gasteiger charge is -2.46. The minimum absolute atomic E-state index is 0.135. The topological polar surface area (TPSA) is 74.8 Å². The summed E-state index contributed by atoms with van der Waals surface area (Å²) in [6, 6.07) is 4.79. The van der Waals surface area contributed by atoms with Crippen molar-refractivity contribution in [3.05, 3.63) is 63.7 Å². The van der Waals surface area contributed by atoms with E-state index in [1.54, 1.807) is 11.1 Å². The molecule has 2 unspecified atom stereocenters. The van der Waals surface area contributed by atoms with E-state index < -0.39 is 22.7 Å². The van der Waals surface area contributed by atoms with E-state index in [1.165, 1.54) is 12.1 Å². The van der Waals surface area contributed by atoms with Crippen LogP contribution in [0.25, 0.3) is 11.4 Å². The number of carbonyl (C=O) groups is 1. The maximum absolute atomic E-state index is 13.6. The Bertz CT molecular complexity index is 1210. The molecule has 4 heterocycles. The van der Waals surface area contributed by atoms with Crippen LogP contribution < -0.4 is 0 Å². The molecule has 10 heteroatoms. The molecule has 2 aliphatic heterocycles. The first-order valence-electron chi connectivity index (χ1n) is 10.9.